The van der Waals surface area contributed by atoms with E-state index < -0.39 is 38.2 Å². The lowest BCUT2D eigenvalue weighted by Crippen LogP contribution is -2.56. The first-order valence-electron chi connectivity index (χ1n) is 4.03. The van der Waals surface area contributed by atoms with E-state index in [9.17, 15) is 35.9 Å². The van der Waals surface area contributed by atoms with Gasteiger partial charge in [0.05, 0.1) is 6.23 Å². The van der Waals surface area contributed by atoms with Crippen LogP contribution in [-0.2, 0) is 9.47 Å². The maximum absolute atomic E-state index is 11.7. The lowest BCUT2D eigenvalue weighted by Gasteiger charge is -2.21. The van der Waals surface area contributed by atoms with Crippen molar-refractivity contribution in [1.82, 2.24) is 0 Å². The number of aliphatic hydroxyl groups is 1. The molecule has 0 aliphatic rings. The van der Waals surface area contributed by atoms with E-state index in [0.717, 1.165) is 0 Å². The predicted octanol–water partition coefficient (Wildman–Crippen LogP) is 2.07. The Kier molecular flexibility index (Phi) is 4.76. The Morgan fingerprint density at radius 3 is 1.44 bits per heavy atom. The second-order valence-corrected chi connectivity index (χ2v) is 6.96. The molecule has 12 heteroatoms. The van der Waals surface area contributed by atoms with E-state index in [1.807, 2.05) is 0 Å². The zero-order chi connectivity index (χ0) is 14.8. The highest BCUT2D eigenvalue weighted by atomic mass is 28.3. The molecule has 0 amide bonds. The Balaban J connectivity index is 5.01. The van der Waals surface area contributed by atoms with E-state index in [4.69, 9.17) is 5.11 Å². The number of hydrogen-bond donors (Lipinski definition) is 1. The molecule has 0 aliphatic heterocycles. The molecule has 0 bridgehead atoms. The van der Waals surface area contributed by atoms with Crippen molar-refractivity contribution in [2.75, 3.05) is 6.23 Å². The topological polar surface area (TPSA) is 72.8 Å². The van der Waals surface area contributed by atoms with Crippen LogP contribution in [-0.4, -0.2) is 43.3 Å². The van der Waals surface area contributed by atoms with Crippen LogP contribution < -0.4 is 0 Å². The average Bonchev–Trinajstić information content (AvgIpc) is 2.10. The Hall–Kier alpha value is -1.30. The first-order chi connectivity index (χ1) is 7.82. The molecular formula is C6H6F6O5Si. The van der Waals surface area contributed by atoms with E-state index in [2.05, 4.69) is 9.47 Å². The third-order valence-electron chi connectivity index (χ3n) is 1.63. The maximum Gasteiger partial charge on any atom is 0.574 e. The van der Waals surface area contributed by atoms with Gasteiger partial charge >= 0.3 is 20.8 Å². The van der Waals surface area contributed by atoms with Gasteiger partial charge in [0, 0.05) is 0 Å². The van der Waals surface area contributed by atoms with Crippen LogP contribution in [0.25, 0.3) is 0 Å². The molecule has 1 N–H and O–H groups in total. The summed E-state index contributed by atoms with van der Waals surface area (Å²) in [6, 6.07) is 0. The summed E-state index contributed by atoms with van der Waals surface area (Å²) in [6.45, 7) is 0.454. The van der Waals surface area contributed by atoms with Crippen LogP contribution in [0.3, 0.4) is 0 Å². The molecule has 18 heavy (non-hydrogen) atoms. The number of aliphatic hydroxyl groups excluding tert-OH is 1. The van der Waals surface area contributed by atoms with E-state index in [1.54, 1.807) is 0 Å². The van der Waals surface area contributed by atoms with Crippen molar-refractivity contribution in [2.24, 2.45) is 0 Å². The third-order valence-corrected chi connectivity index (χ3v) is 4.27. The summed E-state index contributed by atoms with van der Waals surface area (Å²) in [5.41, 5.74) is -4.54. The van der Waals surface area contributed by atoms with Gasteiger partial charge in [0.2, 0.25) is 0 Å². The van der Waals surface area contributed by atoms with Crippen molar-refractivity contribution in [3.05, 3.63) is 0 Å². The van der Waals surface area contributed by atoms with Crippen LogP contribution in [0.2, 0.25) is 6.55 Å². The molecule has 0 saturated carbocycles. The molecule has 0 aliphatic carbocycles. The lowest BCUT2D eigenvalue weighted by molar-refractivity contribution is -0.288. The molecule has 0 fully saturated rings. The van der Waals surface area contributed by atoms with Gasteiger partial charge in [0.25, 0.3) is 11.2 Å². The Morgan fingerprint density at radius 2 is 1.28 bits per heavy atom. The highest BCUT2D eigenvalue weighted by Gasteiger charge is 2.55. The summed E-state index contributed by atoms with van der Waals surface area (Å²) >= 11 is 0. The van der Waals surface area contributed by atoms with E-state index in [-0.39, 0.29) is 0 Å². The van der Waals surface area contributed by atoms with Crippen LogP contribution in [0.1, 0.15) is 0 Å². The average molecular weight is 300 g/mol. The Morgan fingerprint density at radius 1 is 1.00 bits per heavy atom. The minimum atomic E-state index is -5.47. The molecule has 5 nitrogen and oxygen atoms in total. The number of carbonyl (C=O) groups is 2. The molecule has 0 heterocycles. The molecular weight excluding hydrogens is 294 g/mol. The number of hydrogen-bond acceptors (Lipinski definition) is 5. The summed E-state index contributed by atoms with van der Waals surface area (Å²) in [4.78, 5) is 21.9. The monoisotopic (exact) mass is 300 g/mol. The quantitative estimate of drug-likeness (QED) is 0.638. The molecule has 106 valence electrons. The van der Waals surface area contributed by atoms with Crippen molar-refractivity contribution >= 4 is 19.3 Å². The zero-order valence-corrected chi connectivity index (χ0v) is 9.56. The second kappa shape index (κ2) is 5.13. The van der Waals surface area contributed by atoms with Crippen molar-refractivity contribution in [3.8, 4) is 0 Å². The Bertz CT molecular complexity index is 308. The van der Waals surface area contributed by atoms with Crippen LogP contribution in [0, 0.1) is 0 Å². The van der Waals surface area contributed by atoms with E-state index in [0.29, 0.717) is 6.55 Å². The first kappa shape index (κ1) is 16.7. The van der Waals surface area contributed by atoms with Gasteiger partial charge in [-0.3, -0.25) is 9.59 Å². The molecule has 0 radical (unpaired) electrons. The minimum Gasteiger partial charge on any atom is -0.398 e. The highest BCUT2D eigenvalue weighted by Crippen LogP contribution is 2.24. The van der Waals surface area contributed by atoms with Gasteiger partial charge in [-0.1, -0.05) is 0 Å². The first-order valence-corrected chi connectivity index (χ1v) is 6.74. The normalized spacial score (nSPS) is 13.1. The van der Waals surface area contributed by atoms with Gasteiger partial charge in [-0.05, 0) is 6.55 Å². The minimum absolute atomic E-state index is 0.454. The molecule has 0 saturated heterocycles. The fourth-order valence-electron chi connectivity index (χ4n) is 0.648. The summed E-state index contributed by atoms with van der Waals surface area (Å²) < 4.78 is 75.8. The number of halogens is 6. The van der Waals surface area contributed by atoms with Crippen molar-refractivity contribution in [3.63, 3.8) is 0 Å². The largest absolute Gasteiger partial charge is 0.574 e. The van der Waals surface area contributed by atoms with Gasteiger partial charge in [-0.2, -0.15) is 0 Å². The van der Waals surface area contributed by atoms with Crippen LogP contribution >= 0.6 is 0 Å². The number of carbonyl (C=O) groups excluding carboxylic acids is 2. The summed E-state index contributed by atoms with van der Waals surface area (Å²) in [7, 11) is -4.76. The summed E-state index contributed by atoms with van der Waals surface area (Å²) in [6.07, 6.45) is -12.5. The van der Waals surface area contributed by atoms with Crippen LogP contribution in [0.5, 0.6) is 0 Å². The fourth-order valence-corrected chi connectivity index (χ4v) is 1.75. The maximum atomic E-state index is 11.7. The third kappa shape index (κ3) is 4.91. The highest BCUT2D eigenvalue weighted by molar-refractivity contribution is 7.22. The molecule has 0 aromatic carbocycles. The molecule has 0 spiro atoms. The molecule has 0 aromatic rings. The molecule has 0 rings (SSSR count). The Labute approximate surface area is 96.3 Å². The van der Waals surface area contributed by atoms with Crippen LogP contribution in [0.15, 0.2) is 0 Å². The van der Waals surface area contributed by atoms with Gasteiger partial charge in [0.1, 0.15) is 0 Å². The number of alkyl halides is 6. The summed E-state index contributed by atoms with van der Waals surface area (Å²) in [5, 5.41) is 8.65. The van der Waals surface area contributed by atoms with E-state index >= 15 is 0 Å². The number of rotatable bonds is 3. The molecule has 0 aromatic heterocycles. The SMILES string of the molecule is C[Si](CO)(C(=O)OC(F)(F)F)C(=O)OC(F)(F)F. The van der Waals surface area contributed by atoms with Gasteiger partial charge in [0.15, 0.2) is 0 Å². The lowest BCUT2D eigenvalue weighted by atomic mass is 11.3. The van der Waals surface area contributed by atoms with Crippen molar-refractivity contribution < 1.29 is 50.5 Å². The van der Waals surface area contributed by atoms with Gasteiger partial charge in [-0.25, -0.2) is 0 Å². The zero-order valence-electron chi connectivity index (χ0n) is 8.56. The summed E-state index contributed by atoms with van der Waals surface area (Å²) in [5.74, 6) is 0. The predicted molar refractivity (Wildman–Crippen MR) is 43.8 cm³/mol. The van der Waals surface area contributed by atoms with Crippen molar-refractivity contribution in [2.45, 2.75) is 19.3 Å². The van der Waals surface area contributed by atoms with Gasteiger partial charge < -0.3 is 14.6 Å². The molecule has 0 unspecified atom stereocenters. The second-order valence-electron chi connectivity index (χ2n) is 3.16. The van der Waals surface area contributed by atoms with Gasteiger partial charge in [-0.15, -0.1) is 26.3 Å². The van der Waals surface area contributed by atoms with Crippen LogP contribution in [0.4, 0.5) is 35.9 Å². The standard InChI is InChI=1S/C6H6F6O5Si/c1-18(2-13,3(14)16-5(7,8)9)4(15)17-6(10,11)12/h13H,2H2,1H3. The molecule has 0 atom stereocenters. The fraction of sp³-hybridized carbons (Fsp3) is 0.667. The number of ether oxygens (including phenoxy) is 2. The smallest absolute Gasteiger partial charge is 0.398 e. The van der Waals surface area contributed by atoms with E-state index in [1.165, 1.54) is 0 Å². The van der Waals surface area contributed by atoms with Crippen molar-refractivity contribution in [1.29, 1.82) is 0 Å².